The Bertz CT molecular complexity index is 974. The van der Waals surface area contributed by atoms with Gasteiger partial charge in [0.1, 0.15) is 30.2 Å². The predicted octanol–water partition coefficient (Wildman–Crippen LogP) is 3.19. The van der Waals surface area contributed by atoms with Crippen LogP contribution >= 0.6 is 0 Å². The fourth-order valence-corrected chi connectivity index (χ4v) is 4.28. The molecule has 0 spiro atoms. The number of ether oxygens (including phenoxy) is 2. The molecule has 32 heavy (non-hydrogen) atoms. The zero-order chi connectivity index (χ0) is 22.7. The van der Waals surface area contributed by atoms with E-state index >= 15 is 0 Å². The van der Waals surface area contributed by atoms with Crippen LogP contribution in [0.2, 0.25) is 0 Å². The first-order valence-corrected chi connectivity index (χ1v) is 11.0. The van der Waals surface area contributed by atoms with E-state index in [1.54, 1.807) is 29.2 Å². The Balaban J connectivity index is 1.43. The zero-order valence-corrected chi connectivity index (χ0v) is 18.3. The molecule has 2 aliphatic heterocycles. The van der Waals surface area contributed by atoms with Crippen LogP contribution < -0.4 is 10.1 Å². The quantitative estimate of drug-likeness (QED) is 0.721. The molecule has 1 N–H and O–H groups in total. The maximum absolute atomic E-state index is 13.3. The summed E-state index contributed by atoms with van der Waals surface area (Å²) < 4.78 is 11.3. The Labute approximate surface area is 187 Å². The van der Waals surface area contributed by atoms with E-state index in [4.69, 9.17) is 9.47 Å². The minimum absolute atomic E-state index is 0.0533. The van der Waals surface area contributed by atoms with Crippen molar-refractivity contribution in [2.75, 3.05) is 13.2 Å². The third-order valence-corrected chi connectivity index (χ3v) is 5.80. The number of Topliss-reactive ketones (excluding diaryl/α,β-unsaturated/α-hetero) is 1. The molecule has 3 atom stereocenters. The highest BCUT2D eigenvalue weighted by Gasteiger charge is 2.48. The number of rotatable bonds is 7. The second-order valence-electron chi connectivity index (χ2n) is 8.68. The number of fused-ring (bicyclic) bond motifs is 1. The second kappa shape index (κ2) is 9.53. The summed E-state index contributed by atoms with van der Waals surface area (Å²) in [6.45, 7) is 4.52. The van der Waals surface area contributed by atoms with Crippen molar-refractivity contribution in [1.82, 2.24) is 10.2 Å². The maximum Gasteiger partial charge on any atom is 0.251 e. The summed E-state index contributed by atoms with van der Waals surface area (Å²) in [5, 5.41) is 2.88. The number of hydrogen-bond donors (Lipinski definition) is 1. The second-order valence-corrected chi connectivity index (χ2v) is 8.68. The Morgan fingerprint density at radius 2 is 1.78 bits per heavy atom. The van der Waals surface area contributed by atoms with Crippen molar-refractivity contribution >= 4 is 17.6 Å². The van der Waals surface area contributed by atoms with E-state index < -0.39 is 12.1 Å². The number of hydrogen-bond acceptors (Lipinski definition) is 5. The van der Waals surface area contributed by atoms with Crippen LogP contribution in [0.5, 0.6) is 11.5 Å². The van der Waals surface area contributed by atoms with Gasteiger partial charge in [0.15, 0.2) is 5.78 Å². The first-order chi connectivity index (χ1) is 15.4. The highest BCUT2D eigenvalue weighted by molar-refractivity contribution is 5.99. The van der Waals surface area contributed by atoms with E-state index in [1.807, 2.05) is 44.2 Å². The van der Waals surface area contributed by atoms with Gasteiger partial charge in [-0.05, 0) is 55.2 Å². The van der Waals surface area contributed by atoms with Crippen molar-refractivity contribution < 1.29 is 23.9 Å². The number of para-hydroxylation sites is 1. The van der Waals surface area contributed by atoms with Gasteiger partial charge in [0, 0.05) is 12.1 Å². The van der Waals surface area contributed by atoms with Gasteiger partial charge in [0.05, 0.1) is 6.10 Å². The smallest absolute Gasteiger partial charge is 0.251 e. The molecule has 2 heterocycles. The minimum atomic E-state index is -0.699. The first kappa shape index (κ1) is 22.0. The molecule has 2 aromatic carbocycles. The molecule has 4 rings (SSSR count). The molecule has 0 aromatic heterocycles. The lowest BCUT2D eigenvalue weighted by atomic mass is 10.0. The summed E-state index contributed by atoms with van der Waals surface area (Å²) in [4.78, 5) is 40.0. The average Bonchev–Trinajstić information content (AvgIpc) is 3.37. The molecule has 2 fully saturated rings. The fraction of sp³-hybridized carbons (Fsp3) is 0.400. The van der Waals surface area contributed by atoms with Crippen LogP contribution in [0.4, 0.5) is 0 Å². The van der Waals surface area contributed by atoms with Gasteiger partial charge in [-0.2, -0.15) is 0 Å². The van der Waals surface area contributed by atoms with E-state index in [0.29, 0.717) is 36.4 Å². The van der Waals surface area contributed by atoms with Crippen molar-refractivity contribution in [2.24, 2.45) is 5.92 Å². The highest BCUT2D eigenvalue weighted by Crippen LogP contribution is 2.28. The number of carbonyl (C=O) groups is 3. The van der Waals surface area contributed by atoms with Crippen molar-refractivity contribution in [3.8, 4) is 11.5 Å². The fourth-order valence-electron chi connectivity index (χ4n) is 4.28. The molecular weight excluding hydrogens is 408 g/mol. The minimum Gasteiger partial charge on any atom is -0.457 e. The number of ketones is 1. The Morgan fingerprint density at radius 1 is 1.09 bits per heavy atom. The van der Waals surface area contributed by atoms with Crippen molar-refractivity contribution in [3.63, 3.8) is 0 Å². The van der Waals surface area contributed by atoms with Gasteiger partial charge in [0.25, 0.3) is 5.91 Å². The number of carbonyl (C=O) groups excluding carboxylic acids is 3. The molecular formula is C25H28N2O5. The third kappa shape index (κ3) is 4.83. The Morgan fingerprint density at radius 3 is 2.47 bits per heavy atom. The number of amides is 2. The van der Waals surface area contributed by atoms with Crippen LogP contribution in [-0.4, -0.2) is 53.8 Å². The van der Waals surface area contributed by atoms with Crippen LogP contribution in [0, 0.1) is 5.92 Å². The van der Waals surface area contributed by atoms with Gasteiger partial charge in [-0.15, -0.1) is 0 Å². The van der Waals surface area contributed by atoms with E-state index in [2.05, 4.69) is 5.32 Å². The van der Waals surface area contributed by atoms with Gasteiger partial charge in [-0.25, -0.2) is 0 Å². The van der Waals surface area contributed by atoms with E-state index in [-0.39, 0.29) is 36.2 Å². The summed E-state index contributed by atoms with van der Waals surface area (Å²) in [6, 6.07) is 15.0. The number of benzene rings is 2. The molecule has 0 aliphatic carbocycles. The normalized spacial score (nSPS) is 20.8. The lowest BCUT2D eigenvalue weighted by Gasteiger charge is -2.28. The molecule has 2 aromatic rings. The molecule has 7 heteroatoms. The van der Waals surface area contributed by atoms with Gasteiger partial charge < -0.3 is 19.7 Å². The zero-order valence-electron chi connectivity index (χ0n) is 18.3. The highest BCUT2D eigenvalue weighted by atomic mass is 16.5. The summed E-state index contributed by atoms with van der Waals surface area (Å²) in [6.07, 6.45) is 0.912. The monoisotopic (exact) mass is 436 g/mol. The molecule has 168 valence electrons. The largest absolute Gasteiger partial charge is 0.457 e. The summed E-state index contributed by atoms with van der Waals surface area (Å²) in [5.74, 6) is 0.902. The summed E-state index contributed by atoms with van der Waals surface area (Å²) in [5.41, 5.74) is 0.437. The molecule has 0 radical (unpaired) electrons. The lowest BCUT2D eigenvalue weighted by molar-refractivity contribution is -0.138. The SMILES string of the molecule is CC(C)CC(NC(=O)c1ccc(Oc2ccccc2)cc1)C(=O)N1CC[C@H]2OCC(=O)[C@H]21. The molecule has 7 nitrogen and oxygen atoms in total. The molecule has 2 amide bonds. The number of likely N-dealkylation sites (tertiary alicyclic amines) is 1. The molecule has 0 bridgehead atoms. The molecule has 2 saturated heterocycles. The standard InChI is InChI=1S/C25H28N2O5/c1-16(2)14-20(25(30)27-13-12-22-23(27)21(28)15-31-22)26-24(29)17-8-10-19(11-9-17)32-18-6-4-3-5-7-18/h3-11,16,20,22-23H,12-15H2,1-2H3,(H,26,29)/t20?,22-,23-/m1/s1. The van der Waals surface area contributed by atoms with E-state index in [0.717, 1.165) is 0 Å². The first-order valence-electron chi connectivity index (χ1n) is 11.0. The van der Waals surface area contributed by atoms with Crippen LogP contribution in [-0.2, 0) is 14.3 Å². The average molecular weight is 437 g/mol. The number of nitrogens with one attached hydrogen (secondary N) is 1. The van der Waals surface area contributed by atoms with Gasteiger partial charge in [-0.1, -0.05) is 32.0 Å². The van der Waals surface area contributed by atoms with E-state index in [1.165, 1.54) is 0 Å². The summed E-state index contributed by atoms with van der Waals surface area (Å²) in [7, 11) is 0. The Kier molecular flexibility index (Phi) is 6.55. The number of nitrogens with zero attached hydrogens (tertiary/aromatic N) is 1. The summed E-state index contributed by atoms with van der Waals surface area (Å²) >= 11 is 0. The van der Waals surface area contributed by atoms with Crippen molar-refractivity contribution in [1.29, 1.82) is 0 Å². The van der Waals surface area contributed by atoms with Crippen LogP contribution in [0.3, 0.4) is 0 Å². The van der Waals surface area contributed by atoms with Gasteiger partial charge in [-0.3, -0.25) is 14.4 Å². The maximum atomic E-state index is 13.3. The van der Waals surface area contributed by atoms with Gasteiger partial charge in [0.2, 0.25) is 5.91 Å². The molecule has 0 saturated carbocycles. The topological polar surface area (TPSA) is 84.9 Å². The van der Waals surface area contributed by atoms with E-state index in [9.17, 15) is 14.4 Å². The third-order valence-electron chi connectivity index (χ3n) is 5.80. The van der Waals surface area contributed by atoms with Crippen LogP contribution in [0.15, 0.2) is 54.6 Å². The lowest BCUT2D eigenvalue weighted by Crippen LogP contribution is -2.52. The Hall–Kier alpha value is -3.19. The molecule has 2 aliphatic rings. The van der Waals surface area contributed by atoms with Gasteiger partial charge >= 0.3 is 0 Å². The van der Waals surface area contributed by atoms with Crippen LogP contribution in [0.25, 0.3) is 0 Å². The predicted molar refractivity (Wildman–Crippen MR) is 119 cm³/mol. The van der Waals surface area contributed by atoms with Crippen molar-refractivity contribution in [3.05, 3.63) is 60.2 Å². The molecule has 1 unspecified atom stereocenters. The van der Waals surface area contributed by atoms with Crippen molar-refractivity contribution in [2.45, 2.75) is 44.9 Å². The van der Waals surface area contributed by atoms with Crippen LogP contribution in [0.1, 0.15) is 37.0 Å².